The van der Waals surface area contributed by atoms with E-state index in [-0.39, 0.29) is 0 Å². The first-order valence-electron chi connectivity index (χ1n) is 4.55. The Morgan fingerprint density at radius 2 is 2.00 bits per heavy atom. The zero-order valence-corrected chi connectivity index (χ0v) is 8.59. The van der Waals surface area contributed by atoms with Gasteiger partial charge in [0.15, 0.2) is 0 Å². The predicted molar refractivity (Wildman–Crippen MR) is 56.6 cm³/mol. The van der Waals surface area contributed by atoms with Gasteiger partial charge in [0.1, 0.15) is 0 Å². The standard InChI is InChI=1S/C11H19N/c1-5-7-8-10(3)11(4)12-9-6-2/h6,8-9H,5,7H2,1-4H3/b9-6-,10-8+,12-11-. The molecule has 0 heterocycles. The highest BCUT2D eigenvalue weighted by molar-refractivity contribution is 5.97. The number of aliphatic imine (C=N–C) groups is 1. The van der Waals surface area contributed by atoms with E-state index in [9.17, 15) is 0 Å². The van der Waals surface area contributed by atoms with E-state index >= 15 is 0 Å². The van der Waals surface area contributed by atoms with E-state index in [1.807, 2.05) is 26.1 Å². The van der Waals surface area contributed by atoms with Crippen molar-refractivity contribution in [3.05, 3.63) is 23.9 Å². The fourth-order valence-electron chi connectivity index (χ4n) is 0.797. The Morgan fingerprint density at radius 3 is 2.50 bits per heavy atom. The van der Waals surface area contributed by atoms with Crippen molar-refractivity contribution in [2.75, 3.05) is 0 Å². The molecule has 0 aromatic rings. The SMILES string of the molecule is C\C=C/N=C(C)\C(C)=C\CCC. The van der Waals surface area contributed by atoms with Crippen LogP contribution in [0.4, 0.5) is 0 Å². The fourth-order valence-corrected chi connectivity index (χ4v) is 0.797. The van der Waals surface area contributed by atoms with Crippen LogP contribution in [0, 0.1) is 0 Å². The molecule has 0 amide bonds. The average molecular weight is 165 g/mol. The van der Waals surface area contributed by atoms with Crippen LogP contribution in [0.5, 0.6) is 0 Å². The van der Waals surface area contributed by atoms with Gasteiger partial charge in [-0.3, -0.25) is 4.99 Å². The van der Waals surface area contributed by atoms with E-state index in [1.54, 1.807) is 0 Å². The number of rotatable bonds is 4. The Hall–Kier alpha value is -0.850. The van der Waals surface area contributed by atoms with Crippen molar-refractivity contribution in [2.24, 2.45) is 4.99 Å². The second-order valence-corrected chi connectivity index (χ2v) is 2.87. The third-order valence-corrected chi connectivity index (χ3v) is 1.73. The molecule has 0 bridgehead atoms. The topological polar surface area (TPSA) is 12.4 Å². The third kappa shape index (κ3) is 4.89. The molecule has 1 heteroatoms. The van der Waals surface area contributed by atoms with Crippen LogP contribution in [-0.4, -0.2) is 5.71 Å². The molecule has 0 saturated heterocycles. The zero-order chi connectivity index (χ0) is 9.40. The molecule has 0 aromatic heterocycles. The van der Waals surface area contributed by atoms with Gasteiger partial charge in [0.05, 0.1) is 0 Å². The summed E-state index contributed by atoms with van der Waals surface area (Å²) in [4.78, 5) is 4.26. The van der Waals surface area contributed by atoms with E-state index in [2.05, 4.69) is 24.9 Å². The van der Waals surface area contributed by atoms with Crippen molar-refractivity contribution in [1.82, 2.24) is 0 Å². The lowest BCUT2D eigenvalue weighted by molar-refractivity contribution is 0.953. The van der Waals surface area contributed by atoms with Crippen LogP contribution in [0.1, 0.15) is 40.5 Å². The number of hydrogen-bond donors (Lipinski definition) is 0. The summed E-state index contributed by atoms with van der Waals surface area (Å²) in [7, 11) is 0. The first-order chi connectivity index (χ1) is 5.72. The molecule has 0 radical (unpaired) electrons. The van der Waals surface area contributed by atoms with E-state index in [0.717, 1.165) is 12.1 Å². The van der Waals surface area contributed by atoms with Gasteiger partial charge < -0.3 is 0 Å². The first-order valence-corrected chi connectivity index (χ1v) is 4.55. The molecule has 0 unspecified atom stereocenters. The molecule has 0 saturated carbocycles. The normalized spacial score (nSPS) is 14.3. The van der Waals surface area contributed by atoms with E-state index < -0.39 is 0 Å². The molecule has 68 valence electrons. The number of hydrogen-bond acceptors (Lipinski definition) is 1. The predicted octanol–water partition coefficient (Wildman–Crippen LogP) is 3.73. The zero-order valence-electron chi connectivity index (χ0n) is 8.59. The maximum Gasteiger partial charge on any atom is 0.0398 e. The molecule has 0 atom stereocenters. The molecule has 0 spiro atoms. The lowest BCUT2D eigenvalue weighted by Crippen LogP contribution is -1.91. The molecule has 0 rings (SSSR count). The minimum Gasteiger partial charge on any atom is -0.262 e. The maximum atomic E-state index is 4.26. The molecule has 0 aliphatic rings. The van der Waals surface area contributed by atoms with Gasteiger partial charge in [-0.2, -0.15) is 0 Å². The van der Waals surface area contributed by atoms with Crippen molar-refractivity contribution in [2.45, 2.75) is 40.5 Å². The molecule has 0 fully saturated rings. The number of unbranched alkanes of at least 4 members (excludes halogenated alkanes) is 1. The number of nitrogens with zero attached hydrogens (tertiary/aromatic N) is 1. The van der Waals surface area contributed by atoms with Gasteiger partial charge in [0.2, 0.25) is 0 Å². The summed E-state index contributed by atoms with van der Waals surface area (Å²) in [6.45, 7) is 8.31. The minimum atomic E-state index is 1.11. The smallest absolute Gasteiger partial charge is 0.0398 e. The highest BCUT2D eigenvalue weighted by Gasteiger charge is 1.91. The molecule has 12 heavy (non-hydrogen) atoms. The van der Waals surface area contributed by atoms with Gasteiger partial charge in [-0.1, -0.05) is 25.5 Å². The summed E-state index contributed by atoms with van der Waals surface area (Å²) in [5.74, 6) is 0. The van der Waals surface area contributed by atoms with E-state index in [1.165, 1.54) is 12.0 Å². The van der Waals surface area contributed by atoms with Crippen LogP contribution in [0.15, 0.2) is 28.9 Å². The quantitative estimate of drug-likeness (QED) is 0.563. The van der Waals surface area contributed by atoms with Crippen molar-refractivity contribution in [3.63, 3.8) is 0 Å². The van der Waals surface area contributed by atoms with Gasteiger partial charge in [-0.25, -0.2) is 0 Å². The van der Waals surface area contributed by atoms with E-state index in [4.69, 9.17) is 0 Å². The summed E-state index contributed by atoms with van der Waals surface area (Å²) in [6, 6.07) is 0. The van der Waals surface area contributed by atoms with Crippen LogP contribution in [0.2, 0.25) is 0 Å². The molecule has 0 N–H and O–H groups in total. The van der Waals surface area contributed by atoms with Gasteiger partial charge in [-0.05, 0) is 32.8 Å². The minimum absolute atomic E-state index is 1.11. The Balaban J connectivity index is 4.16. The van der Waals surface area contributed by atoms with E-state index in [0.29, 0.717) is 0 Å². The molecule has 0 aliphatic carbocycles. The first kappa shape index (κ1) is 11.2. The van der Waals surface area contributed by atoms with Crippen molar-refractivity contribution in [1.29, 1.82) is 0 Å². The molecular formula is C11H19N. The Labute approximate surface area is 75.9 Å². The molecular weight excluding hydrogens is 146 g/mol. The van der Waals surface area contributed by atoms with Gasteiger partial charge >= 0.3 is 0 Å². The molecule has 0 aliphatic heterocycles. The van der Waals surface area contributed by atoms with Gasteiger partial charge in [0.25, 0.3) is 0 Å². The van der Waals surface area contributed by atoms with Crippen LogP contribution >= 0.6 is 0 Å². The lowest BCUT2D eigenvalue weighted by atomic mass is 10.1. The van der Waals surface area contributed by atoms with Crippen molar-refractivity contribution >= 4 is 5.71 Å². The monoisotopic (exact) mass is 165 g/mol. The second kappa shape index (κ2) is 6.84. The highest BCUT2D eigenvalue weighted by Crippen LogP contribution is 2.01. The van der Waals surface area contributed by atoms with Crippen LogP contribution in [0.3, 0.4) is 0 Å². The summed E-state index contributed by atoms with van der Waals surface area (Å²) in [5, 5.41) is 0. The Bertz CT molecular complexity index is 197. The summed E-state index contributed by atoms with van der Waals surface area (Å²) in [6.07, 6.45) is 8.36. The lowest BCUT2D eigenvalue weighted by Gasteiger charge is -1.97. The molecule has 1 nitrogen and oxygen atoms in total. The summed E-state index contributed by atoms with van der Waals surface area (Å²) in [5.41, 5.74) is 2.40. The van der Waals surface area contributed by atoms with Gasteiger partial charge in [0, 0.05) is 11.9 Å². The largest absolute Gasteiger partial charge is 0.262 e. The highest BCUT2D eigenvalue weighted by atomic mass is 14.7. The summed E-state index contributed by atoms with van der Waals surface area (Å²) < 4.78 is 0. The van der Waals surface area contributed by atoms with Crippen molar-refractivity contribution < 1.29 is 0 Å². The molecule has 0 aromatic carbocycles. The van der Waals surface area contributed by atoms with Crippen LogP contribution < -0.4 is 0 Å². The Morgan fingerprint density at radius 1 is 1.33 bits per heavy atom. The van der Waals surface area contributed by atoms with Crippen LogP contribution in [0.25, 0.3) is 0 Å². The van der Waals surface area contributed by atoms with Crippen molar-refractivity contribution in [3.8, 4) is 0 Å². The van der Waals surface area contributed by atoms with Crippen LogP contribution in [-0.2, 0) is 0 Å². The Kier molecular flexibility index (Phi) is 6.35. The average Bonchev–Trinajstić information content (AvgIpc) is 2.10. The maximum absolute atomic E-state index is 4.26. The third-order valence-electron chi connectivity index (χ3n) is 1.73. The fraction of sp³-hybridized carbons (Fsp3) is 0.545. The summed E-state index contributed by atoms with van der Waals surface area (Å²) >= 11 is 0. The second-order valence-electron chi connectivity index (χ2n) is 2.87. The van der Waals surface area contributed by atoms with Gasteiger partial charge in [-0.15, -0.1) is 0 Å². The number of allylic oxidation sites excluding steroid dienone is 3.